The minimum Gasteiger partial charge on any atom is -0.493 e. The Balaban J connectivity index is 1.73. The van der Waals surface area contributed by atoms with Crippen LogP contribution >= 0.6 is 11.8 Å². The molecule has 1 saturated heterocycles. The highest BCUT2D eigenvalue weighted by Gasteiger charge is 2.35. The lowest BCUT2D eigenvalue weighted by molar-refractivity contribution is -0.145. The number of imide groups is 1. The van der Waals surface area contributed by atoms with Crippen LogP contribution in [0.4, 0.5) is 4.79 Å². The number of hydrogen-bond donors (Lipinski definition) is 0. The van der Waals surface area contributed by atoms with E-state index in [0.717, 1.165) is 22.9 Å². The van der Waals surface area contributed by atoms with Crippen molar-refractivity contribution in [2.24, 2.45) is 0 Å². The number of benzene rings is 2. The number of rotatable bonds is 8. The second-order valence-electron chi connectivity index (χ2n) is 6.76. The first-order chi connectivity index (χ1) is 14.9. The zero-order valence-electron chi connectivity index (χ0n) is 17.5. The molecule has 3 rings (SSSR count). The van der Waals surface area contributed by atoms with Crippen molar-refractivity contribution in [2.45, 2.75) is 20.4 Å². The van der Waals surface area contributed by atoms with Crippen molar-refractivity contribution in [3.8, 4) is 11.5 Å². The third-order valence-electron chi connectivity index (χ3n) is 4.47. The molecule has 162 valence electrons. The lowest BCUT2D eigenvalue weighted by atomic mass is 10.1. The van der Waals surface area contributed by atoms with Crippen LogP contribution in [0, 0.1) is 6.92 Å². The molecule has 2 amide bonds. The fourth-order valence-electron chi connectivity index (χ4n) is 2.90. The van der Waals surface area contributed by atoms with Gasteiger partial charge in [-0.2, -0.15) is 0 Å². The Morgan fingerprint density at radius 1 is 1.10 bits per heavy atom. The number of carbonyl (C=O) groups excluding carboxylic acids is 3. The summed E-state index contributed by atoms with van der Waals surface area (Å²) in [7, 11) is 1.48. The van der Waals surface area contributed by atoms with E-state index in [1.807, 2.05) is 31.2 Å². The highest BCUT2D eigenvalue weighted by atomic mass is 32.2. The molecule has 0 unspecified atom stereocenters. The van der Waals surface area contributed by atoms with Crippen LogP contribution in [0.15, 0.2) is 47.4 Å². The number of thioether (sulfide) groups is 1. The average Bonchev–Trinajstić information content (AvgIpc) is 3.01. The van der Waals surface area contributed by atoms with Crippen LogP contribution in [0.3, 0.4) is 0 Å². The van der Waals surface area contributed by atoms with E-state index >= 15 is 0 Å². The van der Waals surface area contributed by atoms with E-state index in [4.69, 9.17) is 14.2 Å². The Morgan fingerprint density at radius 3 is 2.52 bits per heavy atom. The minimum atomic E-state index is -0.476. The van der Waals surface area contributed by atoms with Gasteiger partial charge < -0.3 is 14.2 Å². The largest absolute Gasteiger partial charge is 0.493 e. The zero-order chi connectivity index (χ0) is 22.4. The average molecular weight is 442 g/mol. The molecule has 1 aliphatic rings. The Morgan fingerprint density at radius 2 is 1.84 bits per heavy atom. The van der Waals surface area contributed by atoms with Gasteiger partial charge >= 0.3 is 5.97 Å². The molecular weight excluding hydrogens is 418 g/mol. The fraction of sp³-hybridized carbons (Fsp3) is 0.261. The van der Waals surface area contributed by atoms with Crippen molar-refractivity contribution in [3.63, 3.8) is 0 Å². The summed E-state index contributed by atoms with van der Waals surface area (Å²) in [6.07, 6.45) is 1.64. The van der Waals surface area contributed by atoms with Gasteiger partial charge in [0.1, 0.15) is 0 Å². The molecule has 31 heavy (non-hydrogen) atoms. The first kappa shape index (κ1) is 22.4. The van der Waals surface area contributed by atoms with Crippen LogP contribution < -0.4 is 9.47 Å². The van der Waals surface area contributed by atoms with E-state index in [1.165, 1.54) is 12.0 Å². The van der Waals surface area contributed by atoms with E-state index in [2.05, 4.69) is 0 Å². The third kappa shape index (κ3) is 5.67. The summed E-state index contributed by atoms with van der Waals surface area (Å²) in [4.78, 5) is 38.2. The standard InChI is InChI=1S/C23H23NO6S/c1-4-29-21(25)14-30-18-10-9-17(11-19(18)28-3)12-20-22(26)24(23(27)31-20)13-16-7-5-15(2)6-8-16/h5-12H,4,13-14H2,1-3H3/b20-12-. The number of ether oxygens (including phenoxy) is 3. The molecule has 1 fully saturated rings. The molecule has 7 nitrogen and oxygen atoms in total. The van der Waals surface area contributed by atoms with Crippen LogP contribution in [0.2, 0.25) is 0 Å². The Bertz CT molecular complexity index is 1020. The van der Waals surface area contributed by atoms with Gasteiger partial charge in [0.25, 0.3) is 11.1 Å². The van der Waals surface area contributed by atoms with Crippen LogP contribution in [0.1, 0.15) is 23.6 Å². The van der Waals surface area contributed by atoms with Crippen molar-refractivity contribution in [1.29, 1.82) is 0 Å². The van der Waals surface area contributed by atoms with Gasteiger partial charge in [0.15, 0.2) is 18.1 Å². The molecule has 1 aliphatic heterocycles. The molecule has 0 atom stereocenters. The minimum absolute atomic E-state index is 0.228. The smallest absolute Gasteiger partial charge is 0.344 e. The van der Waals surface area contributed by atoms with E-state index < -0.39 is 5.97 Å². The van der Waals surface area contributed by atoms with Gasteiger partial charge in [-0.25, -0.2) is 4.79 Å². The maximum absolute atomic E-state index is 12.8. The Kier molecular flexibility index (Phi) is 7.36. The Hall–Kier alpha value is -3.26. The highest BCUT2D eigenvalue weighted by Crippen LogP contribution is 2.35. The number of nitrogens with zero attached hydrogens (tertiary/aromatic N) is 1. The number of esters is 1. The van der Waals surface area contributed by atoms with Crippen LogP contribution in [-0.4, -0.2) is 42.3 Å². The summed E-state index contributed by atoms with van der Waals surface area (Å²) < 4.78 is 15.6. The normalized spacial score (nSPS) is 14.8. The summed E-state index contributed by atoms with van der Waals surface area (Å²) in [5.41, 5.74) is 2.67. The number of carbonyl (C=O) groups is 3. The predicted molar refractivity (Wildman–Crippen MR) is 118 cm³/mol. The summed E-state index contributed by atoms with van der Waals surface area (Å²) in [5, 5.41) is -0.307. The van der Waals surface area contributed by atoms with Gasteiger partial charge in [0, 0.05) is 0 Å². The second-order valence-corrected chi connectivity index (χ2v) is 7.75. The van der Waals surface area contributed by atoms with Gasteiger partial charge in [-0.15, -0.1) is 0 Å². The number of aryl methyl sites for hydroxylation is 1. The van der Waals surface area contributed by atoms with E-state index in [0.29, 0.717) is 22.0 Å². The summed E-state index contributed by atoms with van der Waals surface area (Å²) in [5.74, 6) is -0.0369. The monoisotopic (exact) mass is 441 g/mol. The first-order valence-corrected chi connectivity index (χ1v) is 10.5. The topological polar surface area (TPSA) is 82.1 Å². The van der Waals surface area contributed by atoms with Crippen molar-refractivity contribution in [3.05, 3.63) is 64.1 Å². The van der Waals surface area contributed by atoms with E-state index in [-0.39, 0.29) is 30.9 Å². The molecule has 8 heteroatoms. The van der Waals surface area contributed by atoms with E-state index in [9.17, 15) is 14.4 Å². The summed E-state index contributed by atoms with van der Waals surface area (Å²) in [6.45, 7) is 3.97. The molecular formula is C23H23NO6S. The summed E-state index contributed by atoms with van der Waals surface area (Å²) >= 11 is 0.902. The van der Waals surface area contributed by atoms with E-state index in [1.54, 1.807) is 31.2 Å². The lowest BCUT2D eigenvalue weighted by Gasteiger charge is -2.12. The molecule has 0 spiro atoms. The maximum Gasteiger partial charge on any atom is 0.344 e. The molecule has 0 aromatic heterocycles. The number of hydrogen-bond acceptors (Lipinski definition) is 7. The zero-order valence-corrected chi connectivity index (χ0v) is 18.4. The molecule has 0 aliphatic carbocycles. The quantitative estimate of drug-likeness (QED) is 0.449. The summed E-state index contributed by atoms with van der Waals surface area (Å²) in [6, 6.07) is 12.7. The van der Waals surface area contributed by atoms with Crippen molar-refractivity contribution in [1.82, 2.24) is 4.90 Å². The molecule has 0 bridgehead atoms. The van der Waals surface area contributed by atoms with Crippen LogP contribution in [-0.2, 0) is 20.9 Å². The third-order valence-corrected chi connectivity index (χ3v) is 5.38. The number of amides is 2. The van der Waals surface area contributed by atoms with Crippen LogP contribution in [0.25, 0.3) is 6.08 Å². The molecule has 1 heterocycles. The Labute approximate surface area is 185 Å². The van der Waals surface area contributed by atoms with Gasteiger partial charge in [-0.3, -0.25) is 14.5 Å². The molecule has 0 N–H and O–H groups in total. The molecule has 0 saturated carbocycles. The molecule has 2 aromatic carbocycles. The van der Waals surface area contributed by atoms with Crippen molar-refractivity contribution < 1.29 is 28.6 Å². The fourth-order valence-corrected chi connectivity index (χ4v) is 3.73. The predicted octanol–water partition coefficient (Wildman–Crippen LogP) is 4.18. The maximum atomic E-state index is 12.8. The second kappa shape index (κ2) is 10.2. The van der Waals surface area contributed by atoms with Gasteiger partial charge in [0.05, 0.1) is 25.2 Å². The molecule has 2 aromatic rings. The number of methoxy groups -OCH3 is 1. The first-order valence-electron chi connectivity index (χ1n) is 9.68. The highest BCUT2D eigenvalue weighted by molar-refractivity contribution is 8.18. The van der Waals surface area contributed by atoms with Gasteiger partial charge in [-0.05, 0) is 54.9 Å². The van der Waals surface area contributed by atoms with Crippen molar-refractivity contribution >= 4 is 35.0 Å². The van der Waals surface area contributed by atoms with Crippen LogP contribution in [0.5, 0.6) is 11.5 Å². The van der Waals surface area contributed by atoms with Gasteiger partial charge in [0.2, 0.25) is 0 Å². The van der Waals surface area contributed by atoms with Gasteiger partial charge in [-0.1, -0.05) is 35.9 Å². The molecule has 0 radical (unpaired) electrons. The SMILES string of the molecule is CCOC(=O)COc1ccc(/C=C2\SC(=O)N(Cc3ccc(C)cc3)C2=O)cc1OC. The lowest BCUT2D eigenvalue weighted by Crippen LogP contribution is -2.27. The van der Waals surface area contributed by atoms with Crippen molar-refractivity contribution in [2.75, 3.05) is 20.3 Å².